The smallest absolute Gasteiger partial charge is 0.341 e. The van der Waals surface area contributed by atoms with Gasteiger partial charge in [0.1, 0.15) is 0 Å². The van der Waals surface area contributed by atoms with Crippen LogP contribution in [0.4, 0.5) is 11.4 Å². The fourth-order valence-electron chi connectivity index (χ4n) is 1.44. The van der Waals surface area contributed by atoms with E-state index in [2.05, 4.69) is 16.6 Å². The van der Waals surface area contributed by atoms with Gasteiger partial charge in [0.05, 0.1) is 17.0 Å². The quantitative estimate of drug-likeness (QED) is 0.342. The van der Waals surface area contributed by atoms with E-state index in [0.717, 1.165) is 6.07 Å². The lowest BCUT2D eigenvalue weighted by Gasteiger charge is -2.09. The number of anilines is 1. The first-order valence-corrected chi connectivity index (χ1v) is 5.83. The van der Waals surface area contributed by atoms with E-state index in [4.69, 9.17) is 11.2 Å². The zero-order chi connectivity index (χ0) is 15.8. The van der Waals surface area contributed by atoms with Crippen molar-refractivity contribution in [3.63, 3.8) is 0 Å². The van der Waals surface area contributed by atoms with Crippen LogP contribution in [0, 0.1) is 22.5 Å². The minimum Gasteiger partial charge on any atom is -0.452 e. The standard InChI is InChI=1S/C13H13N3O5/c1-3-6-15-12(17)8-21-13(18)10-7-9(16(19)20)4-5-11(10)14-2/h1,4-5,7,14H,6,8H2,2H3,(H,15,17). The summed E-state index contributed by atoms with van der Waals surface area (Å²) in [5.41, 5.74) is 0.0730. The molecule has 0 saturated carbocycles. The summed E-state index contributed by atoms with van der Waals surface area (Å²) in [4.78, 5) is 33.2. The van der Waals surface area contributed by atoms with Gasteiger partial charge in [0, 0.05) is 24.9 Å². The minimum absolute atomic E-state index is 0.0228. The molecular weight excluding hydrogens is 278 g/mol. The average Bonchev–Trinajstić information content (AvgIpc) is 2.49. The zero-order valence-electron chi connectivity index (χ0n) is 11.2. The highest BCUT2D eigenvalue weighted by Gasteiger charge is 2.18. The van der Waals surface area contributed by atoms with Crippen LogP contribution in [-0.2, 0) is 9.53 Å². The van der Waals surface area contributed by atoms with Crippen molar-refractivity contribution in [3.8, 4) is 12.3 Å². The molecule has 2 N–H and O–H groups in total. The van der Waals surface area contributed by atoms with Crippen LogP contribution in [0.5, 0.6) is 0 Å². The van der Waals surface area contributed by atoms with Gasteiger partial charge in [-0.05, 0) is 6.07 Å². The number of nitrogens with zero attached hydrogens (tertiary/aromatic N) is 1. The van der Waals surface area contributed by atoms with Crippen LogP contribution in [0.25, 0.3) is 0 Å². The highest BCUT2D eigenvalue weighted by Crippen LogP contribution is 2.22. The van der Waals surface area contributed by atoms with Crippen molar-refractivity contribution in [2.24, 2.45) is 0 Å². The first kappa shape index (κ1) is 16.0. The summed E-state index contributed by atoms with van der Waals surface area (Å²) >= 11 is 0. The summed E-state index contributed by atoms with van der Waals surface area (Å²) in [5, 5.41) is 15.7. The molecule has 21 heavy (non-hydrogen) atoms. The van der Waals surface area contributed by atoms with Crippen LogP contribution in [0.1, 0.15) is 10.4 Å². The fourth-order valence-corrected chi connectivity index (χ4v) is 1.44. The Labute approximate surface area is 120 Å². The molecule has 8 heteroatoms. The third-order valence-corrected chi connectivity index (χ3v) is 2.43. The number of hydrogen-bond donors (Lipinski definition) is 2. The molecule has 1 rings (SSSR count). The fraction of sp³-hybridized carbons (Fsp3) is 0.231. The number of nitro benzene ring substituents is 1. The topological polar surface area (TPSA) is 111 Å². The van der Waals surface area contributed by atoms with Gasteiger partial charge in [0.2, 0.25) is 0 Å². The molecule has 0 atom stereocenters. The normalized spacial score (nSPS) is 9.33. The molecule has 0 unspecified atom stereocenters. The number of amides is 1. The number of benzene rings is 1. The number of nitro groups is 1. The lowest BCUT2D eigenvalue weighted by Crippen LogP contribution is -2.29. The molecule has 0 fully saturated rings. The van der Waals surface area contributed by atoms with Crippen molar-refractivity contribution < 1.29 is 19.2 Å². The Morgan fingerprint density at radius 1 is 1.48 bits per heavy atom. The first-order chi connectivity index (χ1) is 9.99. The first-order valence-electron chi connectivity index (χ1n) is 5.83. The Hall–Kier alpha value is -3.08. The van der Waals surface area contributed by atoms with Gasteiger partial charge in [-0.1, -0.05) is 5.92 Å². The zero-order valence-corrected chi connectivity index (χ0v) is 11.2. The molecule has 1 amide bonds. The van der Waals surface area contributed by atoms with Gasteiger partial charge in [0.25, 0.3) is 11.6 Å². The third-order valence-electron chi connectivity index (χ3n) is 2.43. The van der Waals surface area contributed by atoms with Crippen molar-refractivity contribution >= 4 is 23.3 Å². The van der Waals surface area contributed by atoms with Gasteiger partial charge in [-0.3, -0.25) is 14.9 Å². The maximum atomic E-state index is 11.9. The van der Waals surface area contributed by atoms with Crippen LogP contribution in [-0.4, -0.2) is 37.0 Å². The molecule has 0 bridgehead atoms. The molecule has 0 heterocycles. The molecule has 8 nitrogen and oxygen atoms in total. The number of carbonyl (C=O) groups is 2. The summed E-state index contributed by atoms with van der Waals surface area (Å²) in [6, 6.07) is 3.71. The largest absolute Gasteiger partial charge is 0.452 e. The Balaban J connectivity index is 2.81. The van der Waals surface area contributed by atoms with E-state index in [0.29, 0.717) is 5.69 Å². The Kier molecular flexibility index (Phi) is 5.70. The number of esters is 1. The van der Waals surface area contributed by atoms with Gasteiger partial charge in [-0.2, -0.15) is 0 Å². The summed E-state index contributed by atoms with van der Waals surface area (Å²) in [5.74, 6) is 0.793. The second kappa shape index (κ2) is 7.49. The Morgan fingerprint density at radius 2 is 2.19 bits per heavy atom. The predicted octanol–water partition coefficient (Wildman–Crippen LogP) is 0.543. The summed E-state index contributed by atoms with van der Waals surface area (Å²) in [6.45, 7) is -0.499. The van der Waals surface area contributed by atoms with Gasteiger partial charge >= 0.3 is 5.97 Å². The molecule has 0 aromatic heterocycles. The molecule has 0 saturated heterocycles. The molecule has 1 aromatic carbocycles. The Bertz CT molecular complexity index is 606. The van der Waals surface area contributed by atoms with E-state index < -0.39 is 23.4 Å². The van der Waals surface area contributed by atoms with Crippen LogP contribution in [0.15, 0.2) is 18.2 Å². The maximum Gasteiger partial charge on any atom is 0.341 e. The monoisotopic (exact) mass is 291 g/mol. The van der Waals surface area contributed by atoms with Crippen LogP contribution >= 0.6 is 0 Å². The molecule has 0 aliphatic heterocycles. The highest BCUT2D eigenvalue weighted by molar-refractivity contribution is 5.97. The number of hydrogen-bond acceptors (Lipinski definition) is 6. The van der Waals surface area contributed by atoms with E-state index in [-0.39, 0.29) is 17.8 Å². The van der Waals surface area contributed by atoms with Crippen molar-refractivity contribution in [2.45, 2.75) is 0 Å². The van der Waals surface area contributed by atoms with E-state index in [1.54, 1.807) is 7.05 Å². The second-order valence-electron chi connectivity index (χ2n) is 3.79. The van der Waals surface area contributed by atoms with Gasteiger partial charge in [-0.25, -0.2) is 4.79 Å². The molecule has 0 aliphatic carbocycles. The lowest BCUT2D eigenvalue weighted by atomic mass is 10.1. The molecule has 110 valence electrons. The van der Waals surface area contributed by atoms with E-state index in [9.17, 15) is 19.7 Å². The molecule has 0 radical (unpaired) electrons. The maximum absolute atomic E-state index is 11.9. The van der Waals surface area contributed by atoms with Crippen LogP contribution < -0.4 is 10.6 Å². The molecule has 0 spiro atoms. The van der Waals surface area contributed by atoms with Gasteiger partial charge in [-0.15, -0.1) is 6.42 Å². The van der Waals surface area contributed by atoms with Crippen molar-refractivity contribution in [1.29, 1.82) is 0 Å². The molecule has 1 aromatic rings. The van der Waals surface area contributed by atoms with Crippen molar-refractivity contribution in [1.82, 2.24) is 5.32 Å². The molecular formula is C13H13N3O5. The number of rotatable bonds is 6. The van der Waals surface area contributed by atoms with Gasteiger partial charge < -0.3 is 15.4 Å². The van der Waals surface area contributed by atoms with E-state index in [1.165, 1.54) is 12.1 Å². The van der Waals surface area contributed by atoms with Crippen molar-refractivity contribution in [2.75, 3.05) is 25.5 Å². The number of ether oxygens (including phenoxy) is 1. The number of nitrogens with one attached hydrogen (secondary N) is 2. The lowest BCUT2D eigenvalue weighted by molar-refractivity contribution is -0.384. The summed E-state index contributed by atoms with van der Waals surface area (Å²) < 4.78 is 4.78. The second-order valence-corrected chi connectivity index (χ2v) is 3.79. The predicted molar refractivity (Wildman–Crippen MR) is 74.8 cm³/mol. The summed E-state index contributed by atoms with van der Waals surface area (Å²) in [6.07, 6.45) is 4.96. The van der Waals surface area contributed by atoms with Crippen molar-refractivity contribution in [3.05, 3.63) is 33.9 Å². The number of terminal acetylenes is 1. The van der Waals surface area contributed by atoms with Gasteiger partial charge in [0.15, 0.2) is 6.61 Å². The van der Waals surface area contributed by atoms with Crippen LogP contribution in [0.2, 0.25) is 0 Å². The third kappa shape index (κ3) is 4.50. The number of carbonyl (C=O) groups excluding carboxylic acids is 2. The number of non-ortho nitro benzene ring substituents is 1. The van der Waals surface area contributed by atoms with Crippen LogP contribution in [0.3, 0.4) is 0 Å². The van der Waals surface area contributed by atoms with E-state index >= 15 is 0 Å². The minimum atomic E-state index is -0.848. The summed E-state index contributed by atoms with van der Waals surface area (Å²) in [7, 11) is 1.55. The SMILES string of the molecule is C#CCNC(=O)COC(=O)c1cc([N+](=O)[O-])ccc1NC. The Morgan fingerprint density at radius 3 is 2.76 bits per heavy atom. The molecule has 0 aliphatic rings. The van der Waals surface area contributed by atoms with E-state index in [1.807, 2.05) is 0 Å². The average molecular weight is 291 g/mol. The highest BCUT2D eigenvalue weighted by atomic mass is 16.6.